The molecule has 70 heavy (non-hydrogen) atoms. The molecule has 0 spiro atoms. The SMILES string of the molecule is Brc1ccccc1-c1ccccc1-c1ccccc1-c1ccc(N(c2ccc(-c3ccccc3)cc2)c2ccc(C3(c4ccccc4Br)c4ccccc4-c4cc(-c5ccccc5)ccc43)cc2)cc1. The van der Waals surface area contributed by atoms with Crippen LogP contribution in [-0.2, 0) is 5.41 Å². The Balaban J connectivity index is 0.984. The summed E-state index contributed by atoms with van der Waals surface area (Å²) in [5.74, 6) is 0. The van der Waals surface area contributed by atoms with Gasteiger partial charge in [0.1, 0.15) is 0 Å². The van der Waals surface area contributed by atoms with Gasteiger partial charge in [-0.2, -0.15) is 0 Å². The molecule has 1 aliphatic carbocycles. The normalized spacial score (nSPS) is 13.6. The highest BCUT2D eigenvalue weighted by Gasteiger charge is 2.47. The van der Waals surface area contributed by atoms with Crippen molar-refractivity contribution in [1.29, 1.82) is 0 Å². The van der Waals surface area contributed by atoms with Gasteiger partial charge >= 0.3 is 0 Å². The molecule has 1 aliphatic rings. The molecule has 0 bridgehead atoms. The van der Waals surface area contributed by atoms with Gasteiger partial charge in [0.25, 0.3) is 0 Å². The van der Waals surface area contributed by atoms with E-state index in [4.69, 9.17) is 0 Å². The maximum absolute atomic E-state index is 4.06. The number of benzene rings is 11. The van der Waals surface area contributed by atoms with Crippen molar-refractivity contribution in [2.45, 2.75) is 5.41 Å². The average molecular weight is 1020 g/mol. The maximum Gasteiger partial charge on any atom is 0.0724 e. The fraction of sp³-hybridized carbons (Fsp3) is 0.0149. The Morgan fingerprint density at radius 2 is 0.629 bits per heavy atom. The van der Waals surface area contributed by atoms with E-state index in [1.807, 2.05) is 0 Å². The smallest absolute Gasteiger partial charge is 0.0724 e. The second-order valence-corrected chi connectivity index (χ2v) is 19.5. The van der Waals surface area contributed by atoms with Crippen molar-refractivity contribution in [3.05, 3.63) is 304 Å². The average Bonchev–Trinajstić information content (AvgIpc) is 3.72. The van der Waals surface area contributed by atoms with Crippen LogP contribution in [0.5, 0.6) is 0 Å². The predicted molar refractivity (Wildman–Crippen MR) is 301 cm³/mol. The topological polar surface area (TPSA) is 3.24 Å². The monoisotopic (exact) mass is 1020 g/mol. The molecule has 0 radical (unpaired) electrons. The number of fused-ring (bicyclic) bond motifs is 3. The Kier molecular flexibility index (Phi) is 11.5. The van der Waals surface area contributed by atoms with Gasteiger partial charge in [0, 0.05) is 26.0 Å². The molecule has 0 amide bonds. The van der Waals surface area contributed by atoms with E-state index in [0.29, 0.717) is 0 Å². The molecule has 1 atom stereocenters. The molecular weight excluding hydrogens is 979 g/mol. The van der Waals surface area contributed by atoms with E-state index in [2.05, 4.69) is 310 Å². The Morgan fingerprint density at radius 1 is 0.243 bits per heavy atom. The summed E-state index contributed by atoms with van der Waals surface area (Å²) in [4.78, 5) is 2.38. The lowest BCUT2D eigenvalue weighted by Gasteiger charge is -2.35. The third-order valence-corrected chi connectivity index (χ3v) is 15.3. The summed E-state index contributed by atoms with van der Waals surface area (Å²) in [5, 5.41) is 0. The van der Waals surface area contributed by atoms with Gasteiger partial charge in [-0.25, -0.2) is 0 Å². The molecule has 11 aromatic rings. The lowest BCUT2D eigenvalue weighted by atomic mass is 9.67. The Morgan fingerprint density at radius 3 is 1.21 bits per heavy atom. The molecule has 0 N–H and O–H groups in total. The molecule has 11 aromatic carbocycles. The van der Waals surface area contributed by atoms with Crippen LogP contribution in [0.4, 0.5) is 17.1 Å². The Bertz CT molecular complexity index is 3660. The van der Waals surface area contributed by atoms with Gasteiger partial charge in [-0.1, -0.05) is 250 Å². The molecule has 0 aliphatic heterocycles. The lowest BCUT2D eigenvalue weighted by Crippen LogP contribution is -2.29. The maximum atomic E-state index is 4.06. The second kappa shape index (κ2) is 18.6. The lowest BCUT2D eigenvalue weighted by molar-refractivity contribution is 0.764. The number of nitrogens with zero attached hydrogens (tertiary/aromatic N) is 1. The zero-order valence-electron chi connectivity index (χ0n) is 38.2. The van der Waals surface area contributed by atoms with E-state index in [9.17, 15) is 0 Å². The van der Waals surface area contributed by atoms with Gasteiger partial charge < -0.3 is 4.90 Å². The molecule has 332 valence electrons. The van der Waals surface area contributed by atoms with Crippen molar-refractivity contribution < 1.29 is 0 Å². The molecule has 3 heteroatoms. The molecule has 1 nitrogen and oxygen atoms in total. The van der Waals surface area contributed by atoms with Crippen LogP contribution in [0.2, 0.25) is 0 Å². The zero-order valence-corrected chi connectivity index (χ0v) is 41.4. The highest BCUT2D eigenvalue weighted by Crippen LogP contribution is 2.58. The third kappa shape index (κ3) is 7.63. The van der Waals surface area contributed by atoms with E-state index in [1.165, 1.54) is 83.5 Å². The van der Waals surface area contributed by atoms with Crippen LogP contribution in [0.25, 0.3) is 66.8 Å². The van der Waals surface area contributed by atoms with E-state index in [-0.39, 0.29) is 0 Å². The van der Waals surface area contributed by atoms with Gasteiger partial charge in [-0.3, -0.25) is 0 Å². The van der Waals surface area contributed by atoms with Crippen LogP contribution in [0.3, 0.4) is 0 Å². The molecule has 0 saturated carbocycles. The summed E-state index contributed by atoms with van der Waals surface area (Å²) in [5.41, 5.74) is 22.0. The van der Waals surface area contributed by atoms with Crippen LogP contribution in [-0.4, -0.2) is 0 Å². The minimum atomic E-state index is -0.577. The predicted octanol–water partition coefficient (Wildman–Crippen LogP) is 19.4. The van der Waals surface area contributed by atoms with E-state index in [1.54, 1.807) is 0 Å². The Hall–Kier alpha value is -7.82. The third-order valence-electron chi connectivity index (χ3n) is 14.0. The molecule has 0 heterocycles. The molecule has 0 fully saturated rings. The minimum Gasteiger partial charge on any atom is -0.311 e. The first-order chi connectivity index (χ1) is 34.6. The molecule has 1 unspecified atom stereocenters. The number of hydrogen-bond acceptors (Lipinski definition) is 1. The first-order valence-electron chi connectivity index (χ1n) is 23.7. The van der Waals surface area contributed by atoms with E-state index >= 15 is 0 Å². The van der Waals surface area contributed by atoms with Gasteiger partial charge in [-0.15, -0.1) is 0 Å². The van der Waals surface area contributed by atoms with Gasteiger partial charge in [0.05, 0.1) is 5.41 Å². The van der Waals surface area contributed by atoms with Crippen molar-refractivity contribution in [2.24, 2.45) is 0 Å². The quantitative estimate of drug-likeness (QED) is 0.132. The van der Waals surface area contributed by atoms with Crippen molar-refractivity contribution in [3.63, 3.8) is 0 Å². The largest absolute Gasteiger partial charge is 0.311 e. The van der Waals surface area contributed by atoms with Crippen LogP contribution >= 0.6 is 31.9 Å². The number of rotatable bonds is 10. The highest BCUT2D eigenvalue weighted by molar-refractivity contribution is 9.10. The summed E-state index contributed by atoms with van der Waals surface area (Å²) in [6, 6.07) is 99.3. The van der Waals surface area contributed by atoms with Crippen LogP contribution < -0.4 is 4.90 Å². The summed E-state index contributed by atoms with van der Waals surface area (Å²) in [6.07, 6.45) is 0. The molecular formula is C67H45Br2N. The fourth-order valence-electron chi connectivity index (χ4n) is 10.7. The summed E-state index contributed by atoms with van der Waals surface area (Å²) in [7, 11) is 0. The van der Waals surface area contributed by atoms with Crippen molar-refractivity contribution in [3.8, 4) is 66.8 Å². The van der Waals surface area contributed by atoms with Crippen molar-refractivity contribution in [1.82, 2.24) is 0 Å². The number of anilines is 3. The number of halogens is 2. The minimum absolute atomic E-state index is 0.577. The first kappa shape index (κ1) is 43.5. The van der Waals surface area contributed by atoms with E-state index in [0.717, 1.165) is 31.6 Å². The fourth-order valence-corrected chi connectivity index (χ4v) is 11.8. The number of hydrogen-bond donors (Lipinski definition) is 0. The van der Waals surface area contributed by atoms with Crippen LogP contribution in [0.1, 0.15) is 22.3 Å². The van der Waals surface area contributed by atoms with Crippen molar-refractivity contribution in [2.75, 3.05) is 4.90 Å². The van der Waals surface area contributed by atoms with Gasteiger partial charge in [-0.05, 0) is 144 Å². The highest BCUT2D eigenvalue weighted by atomic mass is 79.9. The van der Waals surface area contributed by atoms with E-state index < -0.39 is 5.41 Å². The van der Waals surface area contributed by atoms with Gasteiger partial charge in [0.2, 0.25) is 0 Å². The zero-order chi connectivity index (χ0) is 47.0. The summed E-state index contributed by atoms with van der Waals surface area (Å²) < 4.78 is 2.15. The molecule has 0 aromatic heterocycles. The van der Waals surface area contributed by atoms with Crippen LogP contribution in [0.15, 0.2) is 282 Å². The van der Waals surface area contributed by atoms with Gasteiger partial charge in [0.15, 0.2) is 0 Å². The standard InChI is InChI=1S/C67H45Br2N/c68-65-29-15-12-26-60(65)58-24-10-9-23-57(58)56-22-8-7-21-55(56)49-33-40-53(41-34-49)70(52-38-31-48(32-39-52)46-17-3-1-4-18-46)54-42-36-51(37-43-54)67(64-28-14-16-30-66(64)69)62-27-13-11-25-59(62)61-45-50(35-44-63(61)67)47-19-5-2-6-20-47/h1-45H. The second-order valence-electron chi connectivity index (χ2n) is 17.8. The summed E-state index contributed by atoms with van der Waals surface area (Å²) >= 11 is 7.89. The first-order valence-corrected chi connectivity index (χ1v) is 25.3. The van der Waals surface area contributed by atoms with Crippen LogP contribution in [0, 0.1) is 0 Å². The van der Waals surface area contributed by atoms with Crippen molar-refractivity contribution >= 4 is 48.9 Å². The molecule has 0 saturated heterocycles. The Labute approximate surface area is 427 Å². The molecule has 12 rings (SSSR count). The summed E-state index contributed by atoms with van der Waals surface area (Å²) in [6.45, 7) is 0.